The van der Waals surface area contributed by atoms with Crippen molar-refractivity contribution in [1.29, 1.82) is 0 Å². The molecule has 0 radical (unpaired) electrons. The van der Waals surface area contributed by atoms with Gasteiger partial charge in [0, 0.05) is 24.2 Å². The van der Waals surface area contributed by atoms with Crippen LogP contribution < -0.4 is 11.1 Å². The molecule has 1 fully saturated rings. The van der Waals surface area contributed by atoms with Crippen LogP contribution in [-0.4, -0.2) is 31.1 Å². The van der Waals surface area contributed by atoms with Crippen LogP contribution in [0.15, 0.2) is 18.2 Å². The Balaban J connectivity index is 1.77. The maximum absolute atomic E-state index is 5.90. The highest BCUT2D eigenvalue weighted by atomic mass is 35.5. The van der Waals surface area contributed by atoms with Crippen LogP contribution in [-0.2, 0) is 0 Å². The molecule has 0 aromatic heterocycles. The number of likely N-dealkylation sites (N-methyl/N-ethyl adjacent to an activating group) is 1. The molecule has 0 unspecified atom stereocenters. The summed E-state index contributed by atoms with van der Waals surface area (Å²) in [5, 5.41) is 4.05. The zero-order chi connectivity index (χ0) is 13.0. The number of nitrogens with zero attached hydrogens (tertiary/aromatic N) is 1. The summed E-state index contributed by atoms with van der Waals surface area (Å²) in [7, 11) is 2.21. The molecule has 0 atom stereocenters. The predicted molar refractivity (Wildman–Crippen MR) is 79.2 cm³/mol. The van der Waals surface area contributed by atoms with Gasteiger partial charge in [0.25, 0.3) is 0 Å². The standard InChI is InChI=1S/C14H22ClN3/c1-18(12-4-2-3-5-12)9-8-17-14-7-6-11(15)10-13(14)16/h6-7,10,12,17H,2-5,8-9,16H2,1H3. The van der Waals surface area contributed by atoms with Gasteiger partial charge in [-0.05, 0) is 38.1 Å². The second-order valence-corrected chi connectivity index (χ2v) is 5.51. The second kappa shape index (κ2) is 6.30. The minimum Gasteiger partial charge on any atom is -0.397 e. The van der Waals surface area contributed by atoms with E-state index in [1.807, 2.05) is 12.1 Å². The van der Waals surface area contributed by atoms with E-state index in [2.05, 4.69) is 17.3 Å². The number of nitrogens with two attached hydrogens (primary N) is 1. The van der Waals surface area contributed by atoms with E-state index in [4.69, 9.17) is 17.3 Å². The Kier molecular flexibility index (Phi) is 4.72. The molecular formula is C14H22ClN3. The van der Waals surface area contributed by atoms with E-state index < -0.39 is 0 Å². The highest BCUT2D eigenvalue weighted by Crippen LogP contribution is 2.23. The summed E-state index contributed by atoms with van der Waals surface area (Å²) >= 11 is 5.87. The Morgan fingerprint density at radius 3 is 2.78 bits per heavy atom. The first-order valence-corrected chi connectivity index (χ1v) is 7.04. The van der Waals surface area contributed by atoms with Crippen LogP contribution in [0.2, 0.25) is 5.02 Å². The summed E-state index contributed by atoms with van der Waals surface area (Å²) in [5.74, 6) is 0. The Hall–Kier alpha value is -0.930. The lowest BCUT2D eigenvalue weighted by Gasteiger charge is -2.24. The Bertz CT molecular complexity index is 389. The number of nitrogen functional groups attached to an aromatic ring is 1. The smallest absolute Gasteiger partial charge is 0.0575 e. The van der Waals surface area contributed by atoms with Crippen molar-refractivity contribution in [1.82, 2.24) is 4.90 Å². The predicted octanol–water partition coefficient (Wildman–Crippen LogP) is 3.21. The number of anilines is 2. The van der Waals surface area contributed by atoms with Crippen molar-refractivity contribution in [3.05, 3.63) is 23.2 Å². The van der Waals surface area contributed by atoms with Gasteiger partial charge in [0.05, 0.1) is 11.4 Å². The lowest BCUT2D eigenvalue weighted by atomic mass is 10.2. The van der Waals surface area contributed by atoms with E-state index in [0.29, 0.717) is 10.7 Å². The third-order valence-electron chi connectivity index (χ3n) is 3.74. The first-order valence-electron chi connectivity index (χ1n) is 6.66. The van der Waals surface area contributed by atoms with Gasteiger partial charge >= 0.3 is 0 Å². The SMILES string of the molecule is CN(CCNc1ccc(Cl)cc1N)C1CCCC1. The van der Waals surface area contributed by atoms with Gasteiger partial charge in [0.1, 0.15) is 0 Å². The van der Waals surface area contributed by atoms with Crippen LogP contribution in [0.1, 0.15) is 25.7 Å². The fourth-order valence-electron chi connectivity index (χ4n) is 2.59. The fourth-order valence-corrected chi connectivity index (χ4v) is 2.77. The molecule has 2 rings (SSSR count). The number of hydrogen-bond donors (Lipinski definition) is 2. The molecule has 0 bridgehead atoms. The van der Waals surface area contributed by atoms with Gasteiger partial charge in [0.15, 0.2) is 0 Å². The third kappa shape index (κ3) is 3.53. The molecule has 100 valence electrons. The molecule has 0 spiro atoms. The highest BCUT2D eigenvalue weighted by Gasteiger charge is 2.18. The van der Waals surface area contributed by atoms with Gasteiger partial charge in [-0.2, -0.15) is 0 Å². The third-order valence-corrected chi connectivity index (χ3v) is 3.98. The normalized spacial score (nSPS) is 16.4. The first-order chi connectivity index (χ1) is 8.66. The Labute approximate surface area is 114 Å². The molecule has 3 nitrogen and oxygen atoms in total. The van der Waals surface area contributed by atoms with Crippen LogP contribution >= 0.6 is 11.6 Å². The van der Waals surface area contributed by atoms with Gasteiger partial charge in [-0.3, -0.25) is 0 Å². The summed E-state index contributed by atoms with van der Waals surface area (Å²) in [6.07, 6.45) is 5.46. The van der Waals surface area contributed by atoms with Crippen molar-refractivity contribution in [2.45, 2.75) is 31.7 Å². The Morgan fingerprint density at radius 2 is 2.11 bits per heavy atom. The van der Waals surface area contributed by atoms with E-state index in [9.17, 15) is 0 Å². The van der Waals surface area contributed by atoms with Crippen LogP contribution in [0.3, 0.4) is 0 Å². The molecule has 1 aliphatic rings. The van der Waals surface area contributed by atoms with Crippen molar-refractivity contribution in [2.24, 2.45) is 0 Å². The van der Waals surface area contributed by atoms with E-state index in [-0.39, 0.29) is 0 Å². The molecule has 0 heterocycles. The first kappa shape index (κ1) is 13.5. The summed E-state index contributed by atoms with van der Waals surface area (Å²) in [6, 6.07) is 6.35. The summed E-state index contributed by atoms with van der Waals surface area (Å²) in [6.45, 7) is 1.96. The number of hydrogen-bond acceptors (Lipinski definition) is 3. The Morgan fingerprint density at radius 1 is 1.39 bits per heavy atom. The number of nitrogens with one attached hydrogen (secondary N) is 1. The lowest BCUT2D eigenvalue weighted by Crippen LogP contribution is -2.33. The molecule has 0 saturated heterocycles. The largest absolute Gasteiger partial charge is 0.397 e. The van der Waals surface area contributed by atoms with E-state index in [1.165, 1.54) is 25.7 Å². The van der Waals surface area contributed by atoms with Crippen LogP contribution in [0.4, 0.5) is 11.4 Å². The maximum Gasteiger partial charge on any atom is 0.0575 e. The highest BCUT2D eigenvalue weighted by molar-refractivity contribution is 6.31. The zero-order valence-electron chi connectivity index (χ0n) is 11.0. The topological polar surface area (TPSA) is 41.3 Å². The second-order valence-electron chi connectivity index (χ2n) is 5.08. The number of halogens is 1. The van der Waals surface area contributed by atoms with Crippen molar-refractivity contribution in [3.63, 3.8) is 0 Å². The van der Waals surface area contributed by atoms with E-state index in [1.54, 1.807) is 6.07 Å². The van der Waals surface area contributed by atoms with E-state index in [0.717, 1.165) is 24.8 Å². The van der Waals surface area contributed by atoms with Gasteiger partial charge in [-0.15, -0.1) is 0 Å². The minimum atomic E-state index is 0.682. The monoisotopic (exact) mass is 267 g/mol. The molecule has 0 amide bonds. The van der Waals surface area contributed by atoms with Crippen molar-refractivity contribution >= 4 is 23.0 Å². The molecule has 1 saturated carbocycles. The number of rotatable bonds is 5. The van der Waals surface area contributed by atoms with Crippen molar-refractivity contribution < 1.29 is 0 Å². The molecule has 1 aromatic carbocycles. The molecule has 3 N–H and O–H groups in total. The summed E-state index contributed by atoms with van der Waals surface area (Å²) < 4.78 is 0. The molecular weight excluding hydrogens is 246 g/mol. The summed E-state index contributed by atoms with van der Waals surface area (Å²) in [4.78, 5) is 2.45. The number of benzene rings is 1. The minimum absolute atomic E-state index is 0.682. The van der Waals surface area contributed by atoms with Crippen LogP contribution in [0.5, 0.6) is 0 Å². The molecule has 18 heavy (non-hydrogen) atoms. The molecule has 0 aliphatic heterocycles. The average molecular weight is 268 g/mol. The van der Waals surface area contributed by atoms with Gasteiger partial charge in [-0.25, -0.2) is 0 Å². The van der Waals surface area contributed by atoms with Crippen LogP contribution in [0.25, 0.3) is 0 Å². The molecule has 1 aliphatic carbocycles. The van der Waals surface area contributed by atoms with Gasteiger partial charge < -0.3 is 16.0 Å². The lowest BCUT2D eigenvalue weighted by molar-refractivity contribution is 0.254. The van der Waals surface area contributed by atoms with Gasteiger partial charge in [-0.1, -0.05) is 24.4 Å². The van der Waals surface area contributed by atoms with E-state index >= 15 is 0 Å². The zero-order valence-corrected chi connectivity index (χ0v) is 11.7. The summed E-state index contributed by atoms with van der Waals surface area (Å²) in [5.41, 5.74) is 7.59. The average Bonchev–Trinajstić information content (AvgIpc) is 2.85. The van der Waals surface area contributed by atoms with Crippen molar-refractivity contribution in [2.75, 3.05) is 31.2 Å². The van der Waals surface area contributed by atoms with Crippen molar-refractivity contribution in [3.8, 4) is 0 Å². The quantitative estimate of drug-likeness (QED) is 0.805. The van der Waals surface area contributed by atoms with Gasteiger partial charge in [0.2, 0.25) is 0 Å². The van der Waals surface area contributed by atoms with Crippen LogP contribution in [0, 0.1) is 0 Å². The maximum atomic E-state index is 5.90. The molecule has 1 aromatic rings. The fraction of sp³-hybridized carbons (Fsp3) is 0.571. The molecule has 4 heteroatoms.